The first-order chi connectivity index (χ1) is 8.44. The van der Waals surface area contributed by atoms with E-state index in [1.807, 2.05) is 6.07 Å². The first kappa shape index (κ1) is 13.2. The Morgan fingerprint density at radius 3 is 2.89 bits per heavy atom. The molecule has 0 saturated carbocycles. The van der Waals surface area contributed by atoms with Gasteiger partial charge in [0.05, 0.1) is 6.61 Å². The maximum atomic E-state index is 11.8. The van der Waals surface area contributed by atoms with Crippen LogP contribution >= 0.6 is 0 Å². The van der Waals surface area contributed by atoms with Gasteiger partial charge < -0.3 is 10.5 Å². The van der Waals surface area contributed by atoms with Crippen LogP contribution in [0.2, 0.25) is 0 Å². The van der Waals surface area contributed by atoms with E-state index in [2.05, 4.69) is 4.74 Å². The van der Waals surface area contributed by atoms with Gasteiger partial charge in [-0.3, -0.25) is 4.74 Å². The molecule has 0 fully saturated rings. The van der Waals surface area contributed by atoms with Gasteiger partial charge in [0.2, 0.25) is 0 Å². The van der Waals surface area contributed by atoms with Crippen molar-refractivity contribution in [2.45, 2.75) is 25.2 Å². The monoisotopic (exact) mass is 261 g/mol. The van der Waals surface area contributed by atoms with Gasteiger partial charge >= 0.3 is 6.36 Å². The van der Waals surface area contributed by atoms with E-state index in [0.29, 0.717) is 13.0 Å². The molecule has 1 atom stereocenters. The summed E-state index contributed by atoms with van der Waals surface area (Å²) in [5.41, 5.74) is 7.49. The second-order valence-electron chi connectivity index (χ2n) is 4.26. The average molecular weight is 261 g/mol. The summed E-state index contributed by atoms with van der Waals surface area (Å²) in [4.78, 5) is 0. The normalized spacial score (nSPS) is 19.2. The Morgan fingerprint density at radius 2 is 2.17 bits per heavy atom. The van der Waals surface area contributed by atoms with Crippen molar-refractivity contribution in [3.8, 4) is 5.75 Å². The van der Waals surface area contributed by atoms with Crippen molar-refractivity contribution >= 4 is 0 Å². The molecule has 0 amide bonds. The van der Waals surface area contributed by atoms with Gasteiger partial charge in [-0.25, -0.2) is 0 Å². The molecule has 100 valence electrons. The highest BCUT2D eigenvalue weighted by Crippen LogP contribution is 2.25. The van der Waals surface area contributed by atoms with Crippen LogP contribution in [0.5, 0.6) is 5.75 Å². The van der Waals surface area contributed by atoms with Gasteiger partial charge in [0.1, 0.15) is 12.4 Å². The van der Waals surface area contributed by atoms with E-state index in [-0.39, 0.29) is 19.1 Å². The molecule has 0 radical (unpaired) electrons. The molecule has 1 aliphatic rings. The van der Waals surface area contributed by atoms with Crippen molar-refractivity contribution in [2.75, 3.05) is 13.2 Å². The molecule has 1 aliphatic heterocycles. The minimum Gasteiger partial charge on any atom is -0.492 e. The van der Waals surface area contributed by atoms with Crippen LogP contribution in [-0.4, -0.2) is 25.6 Å². The van der Waals surface area contributed by atoms with Crippen LogP contribution in [-0.2, 0) is 17.6 Å². The summed E-state index contributed by atoms with van der Waals surface area (Å²) in [6.07, 6.45) is -3.68. The zero-order chi connectivity index (χ0) is 13.2. The predicted molar refractivity (Wildman–Crippen MR) is 59.3 cm³/mol. The standard InChI is InChI=1S/C12H14F3NO2/c13-12(14,15)18-4-3-8-1-2-11-9(5-8)6-10(16)7-17-11/h1-2,5,10H,3-4,6-7,16H2/t10-/m1/s1. The maximum absolute atomic E-state index is 11.8. The lowest BCUT2D eigenvalue weighted by atomic mass is 10.00. The molecule has 0 bridgehead atoms. The van der Waals surface area contributed by atoms with Crippen molar-refractivity contribution in [1.29, 1.82) is 0 Å². The Morgan fingerprint density at radius 1 is 1.39 bits per heavy atom. The maximum Gasteiger partial charge on any atom is 0.522 e. The van der Waals surface area contributed by atoms with Crippen LogP contribution in [0, 0.1) is 0 Å². The SMILES string of the molecule is N[C@H]1COc2ccc(CCOC(F)(F)F)cc2C1. The number of benzene rings is 1. The minimum absolute atomic E-state index is 0.0563. The Bertz CT molecular complexity index is 420. The van der Waals surface area contributed by atoms with Crippen molar-refractivity contribution < 1.29 is 22.6 Å². The van der Waals surface area contributed by atoms with Gasteiger partial charge in [0.25, 0.3) is 0 Å². The van der Waals surface area contributed by atoms with Crippen LogP contribution < -0.4 is 10.5 Å². The molecule has 0 aromatic heterocycles. The largest absolute Gasteiger partial charge is 0.522 e. The number of alkyl halides is 3. The molecule has 1 aromatic carbocycles. The second-order valence-corrected chi connectivity index (χ2v) is 4.26. The summed E-state index contributed by atoms with van der Waals surface area (Å²) in [5.74, 6) is 0.761. The molecule has 0 unspecified atom stereocenters. The first-order valence-electron chi connectivity index (χ1n) is 5.65. The van der Waals surface area contributed by atoms with Gasteiger partial charge in [-0.15, -0.1) is 13.2 Å². The fourth-order valence-corrected chi connectivity index (χ4v) is 1.91. The third kappa shape index (κ3) is 3.61. The molecule has 6 heteroatoms. The number of halogens is 3. The van der Waals surface area contributed by atoms with E-state index >= 15 is 0 Å². The molecule has 0 saturated heterocycles. The summed E-state index contributed by atoms with van der Waals surface area (Å²) in [6.45, 7) is 0.0960. The molecule has 1 aromatic rings. The second kappa shape index (κ2) is 5.16. The van der Waals surface area contributed by atoms with E-state index in [4.69, 9.17) is 10.5 Å². The van der Waals surface area contributed by atoms with Crippen LogP contribution in [0.3, 0.4) is 0 Å². The average Bonchev–Trinajstić information content (AvgIpc) is 2.26. The molecular formula is C12H14F3NO2. The Hall–Kier alpha value is -1.27. The fourth-order valence-electron chi connectivity index (χ4n) is 1.91. The zero-order valence-corrected chi connectivity index (χ0v) is 9.67. The summed E-state index contributed by atoms with van der Waals surface area (Å²) < 4.78 is 44.6. The number of ether oxygens (including phenoxy) is 2. The zero-order valence-electron chi connectivity index (χ0n) is 9.67. The third-order valence-corrected chi connectivity index (χ3v) is 2.72. The van der Waals surface area contributed by atoms with Crippen molar-refractivity contribution in [3.63, 3.8) is 0 Å². The van der Waals surface area contributed by atoms with Crippen LogP contribution in [0.15, 0.2) is 18.2 Å². The Balaban J connectivity index is 1.96. The minimum atomic E-state index is -4.57. The highest BCUT2D eigenvalue weighted by molar-refractivity contribution is 5.39. The van der Waals surface area contributed by atoms with Crippen LogP contribution in [0.4, 0.5) is 13.2 Å². The number of nitrogens with two attached hydrogens (primary N) is 1. The molecule has 18 heavy (non-hydrogen) atoms. The van der Waals surface area contributed by atoms with E-state index in [0.717, 1.165) is 16.9 Å². The molecule has 1 heterocycles. The van der Waals surface area contributed by atoms with Crippen molar-refractivity contribution in [1.82, 2.24) is 0 Å². The van der Waals surface area contributed by atoms with Crippen molar-refractivity contribution in [3.05, 3.63) is 29.3 Å². The number of fused-ring (bicyclic) bond motifs is 1. The number of hydrogen-bond donors (Lipinski definition) is 1. The predicted octanol–water partition coefficient (Wildman–Crippen LogP) is 2.03. The number of hydrogen-bond acceptors (Lipinski definition) is 3. The molecule has 3 nitrogen and oxygen atoms in total. The lowest BCUT2D eigenvalue weighted by Gasteiger charge is -2.22. The summed E-state index contributed by atoms with van der Waals surface area (Å²) in [5, 5.41) is 0. The quantitative estimate of drug-likeness (QED) is 0.905. The number of rotatable bonds is 3. The van der Waals surface area contributed by atoms with Gasteiger partial charge in [-0.2, -0.15) is 0 Å². The van der Waals surface area contributed by atoms with Gasteiger partial charge in [0.15, 0.2) is 0 Å². The van der Waals surface area contributed by atoms with Crippen LogP contribution in [0.1, 0.15) is 11.1 Å². The molecule has 0 spiro atoms. The Labute approximate surface area is 103 Å². The van der Waals surface area contributed by atoms with E-state index in [9.17, 15) is 13.2 Å². The van der Waals surface area contributed by atoms with E-state index < -0.39 is 6.36 Å². The first-order valence-corrected chi connectivity index (χ1v) is 5.65. The highest BCUT2D eigenvalue weighted by atomic mass is 19.4. The summed E-state index contributed by atoms with van der Waals surface area (Å²) in [7, 11) is 0. The fraction of sp³-hybridized carbons (Fsp3) is 0.500. The molecule has 2 rings (SSSR count). The van der Waals surface area contributed by atoms with E-state index in [1.54, 1.807) is 12.1 Å². The summed E-state index contributed by atoms with van der Waals surface area (Å²) in [6, 6.07) is 5.28. The lowest BCUT2D eigenvalue weighted by molar-refractivity contribution is -0.324. The van der Waals surface area contributed by atoms with Gasteiger partial charge in [-0.05, 0) is 30.0 Å². The van der Waals surface area contributed by atoms with E-state index in [1.165, 1.54) is 0 Å². The summed E-state index contributed by atoms with van der Waals surface area (Å²) >= 11 is 0. The molecular weight excluding hydrogens is 247 g/mol. The van der Waals surface area contributed by atoms with Gasteiger partial charge in [0, 0.05) is 6.04 Å². The molecule has 2 N–H and O–H groups in total. The smallest absolute Gasteiger partial charge is 0.492 e. The van der Waals surface area contributed by atoms with Crippen molar-refractivity contribution in [2.24, 2.45) is 5.73 Å². The topological polar surface area (TPSA) is 44.5 Å². The Kier molecular flexibility index (Phi) is 3.77. The molecule has 0 aliphatic carbocycles. The van der Waals surface area contributed by atoms with Gasteiger partial charge in [-0.1, -0.05) is 12.1 Å². The highest BCUT2D eigenvalue weighted by Gasteiger charge is 2.28. The lowest BCUT2D eigenvalue weighted by Crippen LogP contribution is -2.33. The van der Waals surface area contributed by atoms with Crippen LogP contribution in [0.25, 0.3) is 0 Å². The third-order valence-electron chi connectivity index (χ3n) is 2.72.